The third-order valence-electron chi connectivity index (χ3n) is 4.71. The predicted molar refractivity (Wildman–Crippen MR) is 89.8 cm³/mol. The summed E-state index contributed by atoms with van der Waals surface area (Å²) in [5.41, 5.74) is 5.37. The molecular formula is C19H24N2O. The largest absolute Gasteiger partial charge is 0.395 e. The van der Waals surface area contributed by atoms with Gasteiger partial charge in [-0.3, -0.25) is 9.88 Å². The number of benzene rings is 1. The Morgan fingerprint density at radius 1 is 1.23 bits per heavy atom. The zero-order valence-electron chi connectivity index (χ0n) is 13.2. The Kier molecular flexibility index (Phi) is 4.86. The SMILES string of the molecule is CCN(CCO)C1CCc2cc(-c3cccnc3)ccc2C1. The summed E-state index contributed by atoms with van der Waals surface area (Å²) in [7, 11) is 0. The van der Waals surface area contributed by atoms with Crippen molar-refractivity contribution in [1.29, 1.82) is 0 Å². The topological polar surface area (TPSA) is 36.4 Å². The molecule has 22 heavy (non-hydrogen) atoms. The lowest BCUT2D eigenvalue weighted by atomic mass is 9.85. The zero-order chi connectivity index (χ0) is 15.4. The molecule has 3 nitrogen and oxygen atoms in total. The fraction of sp³-hybridized carbons (Fsp3) is 0.421. The Hall–Kier alpha value is -1.71. The highest BCUT2D eigenvalue weighted by Gasteiger charge is 2.23. The van der Waals surface area contributed by atoms with Crippen LogP contribution < -0.4 is 0 Å². The molecule has 1 aliphatic rings. The summed E-state index contributed by atoms with van der Waals surface area (Å²) in [5, 5.41) is 9.21. The number of aliphatic hydroxyl groups excluding tert-OH is 1. The summed E-state index contributed by atoms with van der Waals surface area (Å²) in [6.07, 6.45) is 7.13. The van der Waals surface area contributed by atoms with Gasteiger partial charge in [0.15, 0.2) is 0 Å². The second-order valence-electron chi connectivity index (χ2n) is 5.97. The second kappa shape index (κ2) is 7.03. The van der Waals surface area contributed by atoms with Crippen LogP contribution in [0.3, 0.4) is 0 Å². The number of aromatic nitrogens is 1. The Morgan fingerprint density at radius 3 is 2.86 bits per heavy atom. The summed E-state index contributed by atoms with van der Waals surface area (Å²) in [6.45, 7) is 4.21. The summed E-state index contributed by atoms with van der Waals surface area (Å²) in [6, 6.07) is 11.5. The number of pyridine rings is 1. The highest BCUT2D eigenvalue weighted by molar-refractivity contribution is 5.64. The lowest BCUT2D eigenvalue weighted by Crippen LogP contribution is -2.40. The van der Waals surface area contributed by atoms with Gasteiger partial charge in [-0.1, -0.05) is 31.2 Å². The predicted octanol–water partition coefficient (Wildman–Crippen LogP) is 2.92. The molecule has 0 bridgehead atoms. The number of hydrogen-bond donors (Lipinski definition) is 1. The average molecular weight is 296 g/mol. The summed E-state index contributed by atoms with van der Waals surface area (Å²) in [4.78, 5) is 6.61. The first kappa shape index (κ1) is 15.2. The molecule has 116 valence electrons. The molecule has 1 atom stereocenters. The molecule has 0 aliphatic heterocycles. The van der Waals surface area contributed by atoms with Crippen molar-refractivity contribution in [2.24, 2.45) is 0 Å². The maximum atomic E-state index is 9.21. The van der Waals surface area contributed by atoms with E-state index in [4.69, 9.17) is 0 Å². The fourth-order valence-corrected chi connectivity index (χ4v) is 3.49. The van der Waals surface area contributed by atoms with E-state index in [1.54, 1.807) is 0 Å². The van der Waals surface area contributed by atoms with Crippen LogP contribution in [0.25, 0.3) is 11.1 Å². The lowest BCUT2D eigenvalue weighted by Gasteiger charge is -2.34. The van der Waals surface area contributed by atoms with Crippen LogP contribution in [0.5, 0.6) is 0 Å². The molecule has 1 N–H and O–H groups in total. The van der Waals surface area contributed by atoms with Crippen LogP contribution >= 0.6 is 0 Å². The van der Waals surface area contributed by atoms with E-state index >= 15 is 0 Å². The highest BCUT2D eigenvalue weighted by atomic mass is 16.3. The Morgan fingerprint density at radius 2 is 2.14 bits per heavy atom. The molecule has 0 fully saturated rings. The molecular weight excluding hydrogens is 272 g/mol. The molecule has 0 radical (unpaired) electrons. The van der Waals surface area contributed by atoms with Gasteiger partial charge in [-0.05, 0) is 54.1 Å². The van der Waals surface area contributed by atoms with Crippen LogP contribution in [0.1, 0.15) is 24.5 Å². The van der Waals surface area contributed by atoms with Crippen LogP contribution in [0, 0.1) is 0 Å². The van der Waals surface area contributed by atoms with Gasteiger partial charge in [0, 0.05) is 25.0 Å². The molecule has 1 aliphatic carbocycles. The van der Waals surface area contributed by atoms with Gasteiger partial charge >= 0.3 is 0 Å². The van der Waals surface area contributed by atoms with E-state index in [1.165, 1.54) is 28.7 Å². The van der Waals surface area contributed by atoms with Gasteiger partial charge in [0.2, 0.25) is 0 Å². The maximum absolute atomic E-state index is 9.21. The molecule has 0 saturated carbocycles. The van der Waals surface area contributed by atoms with Crippen molar-refractivity contribution in [2.75, 3.05) is 19.7 Å². The van der Waals surface area contributed by atoms with Gasteiger partial charge in [0.05, 0.1) is 6.61 Å². The van der Waals surface area contributed by atoms with E-state index in [1.807, 2.05) is 18.5 Å². The van der Waals surface area contributed by atoms with Crippen molar-refractivity contribution in [2.45, 2.75) is 32.2 Å². The number of likely N-dealkylation sites (N-methyl/N-ethyl adjacent to an activating group) is 1. The van der Waals surface area contributed by atoms with Crippen LogP contribution in [0.4, 0.5) is 0 Å². The van der Waals surface area contributed by atoms with Gasteiger partial charge in [0.25, 0.3) is 0 Å². The summed E-state index contributed by atoms with van der Waals surface area (Å²) >= 11 is 0. The lowest BCUT2D eigenvalue weighted by molar-refractivity contribution is 0.146. The van der Waals surface area contributed by atoms with E-state index in [9.17, 15) is 5.11 Å². The van der Waals surface area contributed by atoms with Crippen molar-refractivity contribution in [3.63, 3.8) is 0 Å². The van der Waals surface area contributed by atoms with E-state index in [-0.39, 0.29) is 6.61 Å². The monoisotopic (exact) mass is 296 g/mol. The van der Waals surface area contributed by atoms with Crippen molar-refractivity contribution < 1.29 is 5.11 Å². The van der Waals surface area contributed by atoms with Gasteiger partial charge < -0.3 is 5.11 Å². The van der Waals surface area contributed by atoms with Crippen LogP contribution in [-0.4, -0.2) is 40.7 Å². The fourth-order valence-electron chi connectivity index (χ4n) is 3.49. The van der Waals surface area contributed by atoms with Gasteiger partial charge in [-0.15, -0.1) is 0 Å². The summed E-state index contributed by atoms with van der Waals surface area (Å²) < 4.78 is 0. The Bertz CT molecular complexity index is 612. The van der Waals surface area contributed by atoms with E-state index in [0.29, 0.717) is 6.04 Å². The molecule has 2 aromatic rings. The molecule has 0 saturated heterocycles. The molecule has 1 aromatic carbocycles. The number of hydrogen-bond acceptors (Lipinski definition) is 3. The number of aryl methyl sites for hydroxylation is 1. The van der Waals surface area contributed by atoms with Crippen LogP contribution in [0.15, 0.2) is 42.7 Å². The van der Waals surface area contributed by atoms with Gasteiger partial charge in [-0.25, -0.2) is 0 Å². The van der Waals surface area contributed by atoms with Crippen molar-refractivity contribution in [3.05, 3.63) is 53.9 Å². The number of rotatable bonds is 5. The van der Waals surface area contributed by atoms with Gasteiger partial charge in [0.1, 0.15) is 0 Å². The standard InChI is InChI=1S/C19H24N2O/c1-2-21(10-11-22)19-8-7-15-12-16(5-6-17(15)13-19)18-4-3-9-20-14-18/h3-6,9,12,14,19,22H,2,7-8,10-11,13H2,1H3. The highest BCUT2D eigenvalue weighted by Crippen LogP contribution is 2.29. The minimum Gasteiger partial charge on any atom is -0.395 e. The minimum absolute atomic E-state index is 0.247. The third-order valence-corrected chi connectivity index (χ3v) is 4.71. The normalized spacial score (nSPS) is 17.5. The molecule has 0 amide bonds. The molecule has 3 rings (SSSR count). The molecule has 1 aromatic heterocycles. The molecule has 1 heterocycles. The second-order valence-corrected chi connectivity index (χ2v) is 5.97. The minimum atomic E-state index is 0.247. The smallest absolute Gasteiger partial charge is 0.0558 e. The van der Waals surface area contributed by atoms with Crippen molar-refractivity contribution in [1.82, 2.24) is 9.88 Å². The van der Waals surface area contributed by atoms with Gasteiger partial charge in [-0.2, -0.15) is 0 Å². The number of fused-ring (bicyclic) bond motifs is 1. The van der Waals surface area contributed by atoms with Crippen molar-refractivity contribution in [3.8, 4) is 11.1 Å². The quantitative estimate of drug-likeness (QED) is 0.921. The number of nitrogens with zero attached hydrogens (tertiary/aromatic N) is 2. The zero-order valence-corrected chi connectivity index (χ0v) is 13.2. The first-order chi connectivity index (χ1) is 10.8. The van der Waals surface area contributed by atoms with Crippen LogP contribution in [-0.2, 0) is 12.8 Å². The van der Waals surface area contributed by atoms with E-state index < -0.39 is 0 Å². The molecule has 1 unspecified atom stereocenters. The number of aliphatic hydroxyl groups is 1. The average Bonchev–Trinajstić information content (AvgIpc) is 2.59. The van der Waals surface area contributed by atoms with E-state index in [2.05, 4.69) is 41.1 Å². The molecule has 3 heteroatoms. The Labute approximate surface area is 132 Å². The molecule has 0 spiro atoms. The summed E-state index contributed by atoms with van der Waals surface area (Å²) in [5.74, 6) is 0. The van der Waals surface area contributed by atoms with Crippen LogP contribution in [0.2, 0.25) is 0 Å². The Balaban J connectivity index is 1.79. The maximum Gasteiger partial charge on any atom is 0.0558 e. The first-order valence-corrected chi connectivity index (χ1v) is 8.19. The van der Waals surface area contributed by atoms with Crippen molar-refractivity contribution >= 4 is 0 Å². The van der Waals surface area contributed by atoms with E-state index in [0.717, 1.165) is 25.9 Å². The first-order valence-electron chi connectivity index (χ1n) is 8.19. The third kappa shape index (κ3) is 3.21.